The van der Waals surface area contributed by atoms with Crippen LogP contribution in [0.15, 0.2) is 6.20 Å². The molecule has 8 heteroatoms. The molecule has 3 N–H and O–H groups in total. The molecule has 1 rings (SSSR count). The van der Waals surface area contributed by atoms with Crippen LogP contribution in [0.4, 0.5) is 5.69 Å². The van der Waals surface area contributed by atoms with Gasteiger partial charge in [0.25, 0.3) is 0 Å². The van der Waals surface area contributed by atoms with E-state index in [0.717, 1.165) is 6.20 Å². The van der Waals surface area contributed by atoms with Crippen molar-refractivity contribution in [2.24, 2.45) is 0 Å². The summed E-state index contributed by atoms with van der Waals surface area (Å²) in [5.74, 6) is -1.25. The van der Waals surface area contributed by atoms with E-state index in [1.54, 1.807) is 0 Å². The van der Waals surface area contributed by atoms with Gasteiger partial charge in [0.2, 0.25) is 0 Å². The van der Waals surface area contributed by atoms with Gasteiger partial charge in [-0.2, -0.15) is 5.10 Å². The van der Waals surface area contributed by atoms with E-state index in [0.29, 0.717) is 0 Å². The lowest BCUT2D eigenvalue weighted by molar-refractivity contribution is -0.386. The SMILES string of the molecule is O=C(O)C[C@@H](O)c1[nH]ncc1[N+](=O)[O-]. The maximum absolute atomic E-state index is 10.4. The summed E-state index contributed by atoms with van der Waals surface area (Å²) in [6.45, 7) is 0. The minimum absolute atomic E-state index is 0.197. The van der Waals surface area contributed by atoms with Crippen LogP contribution in [0.5, 0.6) is 0 Å². The largest absolute Gasteiger partial charge is 0.481 e. The molecule has 0 aliphatic heterocycles. The molecule has 0 saturated carbocycles. The predicted molar refractivity (Wildman–Crippen MR) is 42.5 cm³/mol. The second-order valence-electron chi connectivity index (χ2n) is 2.54. The topological polar surface area (TPSA) is 129 Å². The monoisotopic (exact) mass is 201 g/mol. The molecule has 0 aliphatic carbocycles. The van der Waals surface area contributed by atoms with Crippen LogP contribution in [0.2, 0.25) is 0 Å². The molecule has 14 heavy (non-hydrogen) atoms. The van der Waals surface area contributed by atoms with Crippen LogP contribution in [0.25, 0.3) is 0 Å². The molecule has 0 aromatic carbocycles. The van der Waals surface area contributed by atoms with Gasteiger partial charge in [-0.3, -0.25) is 20.0 Å². The number of hydrogen-bond donors (Lipinski definition) is 3. The minimum atomic E-state index is -1.45. The van der Waals surface area contributed by atoms with Crippen molar-refractivity contribution in [2.45, 2.75) is 12.5 Å². The summed E-state index contributed by atoms with van der Waals surface area (Å²) >= 11 is 0. The molecule has 1 aromatic rings. The fourth-order valence-corrected chi connectivity index (χ4v) is 0.948. The van der Waals surface area contributed by atoms with E-state index in [1.807, 2.05) is 0 Å². The molecule has 8 nitrogen and oxygen atoms in total. The van der Waals surface area contributed by atoms with E-state index in [2.05, 4.69) is 10.2 Å². The third kappa shape index (κ3) is 2.04. The van der Waals surface area contributed by atoms with E-state index in [4.69, 9.17) is 5.11 Å². The number of nitrogens with zero attached hydrogens (tertiary/aromatic N) is 2. The Labute approximate surface area is 77.3 Å². The number of aliphatic hydroxyl groups is 1. The summed E-state index contributed by atoms with van der Waals surface area (Å²) in [5, 5.41) is 33.5. The van der Waals surface area contributed by atoms with Gasteiger partial charge in [-0.15, -0.1) is 0 Å². The molecular weight excluding hydrogens is 194 g/mol. The first-order valence-corrected chi connectivity index (χ1v) is 3.60. The molecular formula is C6H7N3O5. The highest BCUT2D eigenvalue weighted by Gasteiger charge is 2.24. The molecule has 0 aliphatic rings. The molecule has 1 atom stereocenters. The molecule has 1 heterocycles. The third-order valence-electron chi connectivity index (χ3n) is 1.55. The molecule has 0 amide bonds. The molecule has 0 radical (unpaired) electrons. The van der Waals surface area contributed by atoms with Gasteiger partial charge < -0.3 is 10.2 Å². The lowest BCUT2D eigenvalue weighted by Crippen LogP contribution is -2.07. The van der Waals surface area contributed by atoms with Gasteiger partial charge in [0.15, 0.2) is 0 Å². The van der Waals surface area contributed by atoms with Crippen molar-refractivity contribution in [3.63, 3.8) is 0 Å². The number of aromatic nitrogens is 2. The van der Waals surface area contributed by atoms with Crippen LogP contribution < -0.4 is 0 Å². The quantitative estimate of drug-likeness (QED) is 0.457. The maximum Gasteiger partial charge on any atom is 0.312 e. The third-order valence-corrected chi connectivity index (χ3v) is 1.55. The van der Waals surface area contributed by atoms with E-state index in [-0.39, 0.29) is 5.69 Å². The van der Waals surface area contributed by atoms with Crippen molar-refractivity contribution < 1.29 is 19.9 Å². The van der Waals surface area contributed by atoms with Crippen molar-refractivity contribution in [3.05, 3.63) is 22.0 Å². The first kappa shape index (κ1) is 10.1. The van der Waals surface area contributed by atoms with E-state index in [1.165, 1.54) is 0 Å². The summed E-state index contributed by atoms with van der Waals surface area (Å²) in [4.78, 5) is 19.8. The number of nitrogens with one attached hydrogen (secondary N) is 1. The lowest BCUT2D eigenvalue weighted by Gasteiger charge is -2.03. The number of aromatic amines is 1. The smallest absolute Gasteiger partial charge is 0.312 e. The fourth-order valence-electron chi connectivity index (χ4n) is 0.948. The number of hydrogen-bond acceptors (Lipinski definition) is 5. The molecule has 0 saturated heterocycles. The Morgan fingerprint density at radius 2 is 2.43 bits per heavy atom. The molecule has 0 fully saturated rings. The molecule has 0 bridgehead atoms. The molecule has 0 spiro atoms. The van der Waals surface area contributed by atoms with Gasteiger partial charge in [0.1, 0.15) is 18.0 Å². The van der Waals surface area contributed by atoms with Gasteiger partial charge in [0.05, 0.1) is 11.3 Å². The summed E-state index contributed by atoms with van der Waals surface area (Å²) in [7, 11) is 0. The van der Waals surface area contributed by atoms with E-state index in [9.17, 15) is 20.0 Å². The zero-order valence-corrected chi connectivity index (χ0v) is 6.88. The van der Waals surface area contributed by atoms with Gasteiger partial charge in [-0.05, 0) is 0 Å². The van der Waals surface area contributed by atoms with Gasteiger partial charge in [-0.25, -0.2) is 0 Å². The zero-order chi connectivity index (χ0) is 10.7. The summed E-state index contributed by atoms with van der Waals surface area (Å²) in [6.07, 6.45) is -1.14. The Morgan fingerprint density at radius 3 is 2.93 bits per heavy atom. The maximum atomic E-state index is 10.4. The standard InChI is InChI=1S/C6H7N3O5/c10-4(1-5(11)12)6-3(9(13)14)2-7-8-6/h2,4,10H,1H2,(H,7,8)(H,11,12)/t4-/m1/s1. The molecule has 1 aromatic heterocycles. The fraction of sp³-hybridized carbons (Fsp3) is 0.333. The van der Waals surface area contributed by atoms with Crippen LogP contribution in [-0.4, -0.2) is 31.3 Å². The number of nitro groups is 1. The summed E-state index contributed by atoms with van der Waals surface area (Å²) in [5.41, 5.74) is -0.615. The lowest BCUT2D eigenvalue weighted by atomic mass is 10.2. The number of carbonyl (C=O) groups is 1. The normalized spacial score (nSPS) is 12.4. The number of H-pyrrole nitrogens is 1. The highest BCUT2D eigenvalue weighted by atomic mass is 16.6. The first-order chi connectivity index (χ1) is 6.52. The van der Waals surface area contributed by atoms with Crippen molar-refractivity contribution in [3.8, 4) is 0 Å². The number of carboxylic acids is 1. The van der Waals surface area contributed by atoms with E-state index >= 15 is 0 Å². The van der Waals surface area contributed by atoms with Gasteiger partial charge in [-0.1, -0.05) is 0 Å². The van der Waals surface area contributed by atoms with Crippen molar-refractivity contribution in [2.75, 3.05) is 0 Å². The van der Waals surface area contributed by atoms with E-state index < -0.39 is 29.1 Å². The van der Waals surface area contributed by atoms with Crippen LogP contribution in [-0.2, 0) is 4.79 Å². The Balaban J connectivity index is 2.89. The summed E-state index contributed by atoms with van der Waals surface area (Å²) in [6, 6.07) is 0. The highest BCUT2D eigenvalue weighted by Crippen LogP contribution is 2.23. The Morgan fingerprint density at radius 1 is 1.79 bits per heavy atom. The van der Waals surface area contributed by atoms with Gasteiger partial charge in [0, 0.05) is 0 Å². The first-order valence-electron chi connectivity index (χ1n) is 3.60. The minimum Gasteiger partial charge on any atom is -0.481 e. The van der Waals surface area contributed by atoms with Crippen molar-refractivity contribution >= 4 is 11.7 Å². The second-order valence-corrected chi connectivity index (χ2v) is 2.54. The number of rotatable bonds is 4. The predicted octanol–water partition coefficient (Wildman–Crippen LogP) is -0.174. The second kappa shape index (κ2) is 3.83. The number of aliphatic carboxylic acids is 1. The zero-order valence-electron chi connectivity index (χ0n) is 6.88. The van der Waals surface area contributed by atoms with Crippen LogP contribution in [0, 0.1) is 10.1 Å². The average molecular weight is 201 g/mol. The Kier molecular flexibility index (Phi) is 2.77. The number of aliphatic hydroxyl groups excluding tert-OH is 1. The molecule has 76 valence electrons. The van der Waals surface area contributed by atoms with Crippen molar-refractivity contribution in [1.82, 2.24) is 10.2 Å². The Bertz CT molecular complexity index is 360. The summed E-state index contributed by atoms with van der Waals surface area (Å²) < 4.78 is 0. The van der Waals surface area contributed by atoms with Crippen molar-refractivity contribution in [1.29, 1.82) is 0 Å². The van der Waals surface area contributed by atoms with Crippen LogP contribution in [0.1, 0.15) is 18.2 Å². The molecule has 0 unspecified atom stereocenters. The highest BCUT2D eigenvalue weighted by molar-refractivity contribution is 5.67. The van der Waals surface area contributed by atoms with Gasteiger partial charge >= 0.3 is 11.7 Å². The number of carboxylic acid groups (broad SMARTS) is 1. The Hall–Kier alpha value is -1.96. The average Bonchev–Trinajstić information content (AvgIpc) is 2.49. The van der Waals surface area contributed by atoms with Crippen LogP contribution in [0.3, 0.4) is 0 Å². The van der Waals surface area contributed by atoms with Crippen LogP contribution >= 0.6 is 0 Å².